The van der Waals surface area contributed by atoms with Crippen LogP contribution in [0.5, 0.6) is 0 Å². The average Bonchev–Trinajstić information content (AvgIpc) is 3.05. The molecule has 0 fully saturated rings. The van der Waals surface area contributed by atoms with Crippen molar-refractivity contribution in [3.63, 3.8) is 0 Å². The highest BCUT2D eigenvalue weighted by atomic mass is 35.5. The van der Waals surface area contributed by atoms with Gasteiger partial charge < -0.3 is 4.90 Å². The number of amides is 1. The molecule has 3 rings (SSSR count). The van der Waals surface area contributed by atoms with Gasteiger partial charge in [-0.25, -0.2) is 9.37 Å². The third-order valence-corrected chi connectivity index (χ3v) is 5.59. The van der Waals surface area contributed by atoms with Crippen LogP contribution in [0, 0.1) is 5.82 Å². The Morgan fingerprint density at radius 2 is 1.89 bits per heavy atom. The van der Waals surface area contributed by atoms with Crippen LogP contribution in [0.2, 0.25) is 5.02 Å². The summed E-state index contributed by atoms with van der Waals surface area (Å²) in [6.45, 7) is 1.36. The lowest BCUT2D eigenvalue weighted by Gasteiger charge is -2.21. The number of para-hydroxylation sites is 1. The van der Waals surface area contributed by atoms with Gasteiger partial charge in [0.1, 0.15) is 11.3 Å². The van der Waals surface area contributed by atoms with Gasteiger partial charge in [-0.2, -0.15) is 0 Å². The zero-order chi connectivity index (χ0) is 19.4. The Kier molecular flexibility index (Phi) is 8.19. The van der Waals surface area contributed by atoms with Crippen LogP contribution in [0.1, 0.15) is 12.0 Å². The Morgan fingerprint density at radius 3 is 2.57 bits per heavy atom. The zero-order valence-corrected chi connectivity index (χ0v) is 18.1. The van der Waals surface area contributed by atoms with E-state index in [9.17, 15) is 9.18 Å². The van der Waals surface area contributed by atoms with Gasteiger partial charge in [0.15, 0.2) is 5.13 Å². The number of hydrogen-bond acceptors (Lipinski definition) is 4. The van der Waals surface area contributed by atoms with Gasteiger partial charge in [-0.1, -0.05) is 47.2 Å². The standard InChI is InChI=1S/C20H21ClFN3OS.ClH/c1-24(2)11-6-12-25(18(26)13-14-7-3-4-8-15(14)21)20-23-19-16(22)9-5-10-17(19)27-20;/h3-5,7-10H,6,11-13H2,1-2H3;1H. The number of hydrogen-bond donors (Lipinski definition) is 0. The predicted octanol–water partition coefficient (Wildman–Crippen LogP) is 5.04. The summed E-state index contributed by atoms with van der Waals surface area (Å²) in [4.78, 5) is 21.1. The SMILES string of the molecule is CN(C)CCCN(C(=O)Cc1ccccc1Cl)c1nc2c(F)cccc2s1.Cl. The van der Waals surface area contributed by atoms with Crippen LogP contribution in [-0.4, -0.2) is 43.0 Å². The summed E-state index contributed by atoms with van der Waals surface area (Å²) in [5.41, 5.74) is 1.08. The first kappa shape index (κ1) is 22.6. The number of fused-ring (bicyclic) bond motifs is 1. The van der Waals surface area contributed by atoms with Crippen molar-refractivity contribution < 1.29 is 9.18 Å². The van der Waals surface area contributed by atoms with E-state index in [1.807, 2.05) is 38.4 Å². The second-order valence-electron chi connectivity index (χ2n) is 6.55. The molecule has 150 valence electrons. The lowest BCUT2D eigenvalue weighted by molar-refractivity contribution is -0.118. The van der Waals surface area contributed by atoms with Crippen LogP contribution >= 0.6 is 35.3 Å². The Bertz CT molecular complexity index is 948. The number of rotatable bonds is 7. The van der Waals surface area contributed by atoms with Crippen LogP contribution in [0.3, 0.4) is 0 Å². The van der Waals surface area contributed by atoms with Crippen molar-refractivity contribution in [2.45, 2.75) is 12.8 Å². The minimum Gasteiger partial charge on any atom is -0.309 e. The van der Waals surface area contributed by atoms with E-state index in [1.54, 1.807) is 17.0 Å². The Labute approximate surface area is 179 Å². The minimum atomic E-state index is -0.373. The number of carbonyl (C=O) groups excluding carboxylic acids is 1. The number of benzene rings is 2. The lowest BCUT2D eigenvalue weighted by atomic mass is 10.1. The molecule has 0 bridgehead atoms. The molecule has 0 aliphatic rings. The molecule has 0 aliphatic heterocycles. The van der Waals surface area contributed by atoms with Crippen molar-refractivity contribution in [2.75, 3.05) is 32.1 Å². The molecule has 0 atom stereocenters. The van der Waals surface area contributed by atoms with Gasteiger partial charge in [0.2, 0.25) is 5.91 Å². The molecular weight excluding hydrogens is 420 g/mol. The first-order valence-corrected chi connectivity index (χ1v) is 9.88. The number of thiazole rings is 1. The van der Waals surface area contributed by atoms with Gasteiger partial charge in [-0.05, 0) is 50.8 Å². The van der Waals surface area contributed by atoms with Crippen LogP contribution in [-0.2, 0) is 11.2 Å². The topological polar surface area (TPSA) is 36.4 Å². The molecule has 1 heterocycles. The highest BCUT2D eigenvalue weighted by Crippen LogP contribution is 2.31. The Balaban J connectivity index is 0.00000280. The van der Waals surface area contributed by atoms with E-state index >= 15 is 0 Å². The smallest absolute Gasteiger partial charge is 0.233 e. The molecule has 28 heavy (non-hydrogen) atoms. The summed E-state index contributed by atoms with van der Waals surface area (Å²) in [5, 5.41) is 1.08. The molecule has 3 aromatic rings. The molecule has 0 saturated carbocycles. The van der Waals surface area contributed by atoms with Gasteiger partial charge >= 0.3 is 0 Å². The quantitative estimate of drug-likeness (QED) is 0.515. The second-order valence-corrected chi connectivity index (χ2v) is 7.97. The fourth-order valence-corrected chi connectivity index (χ4v) is 4.02. The number of nitrogens with zero attached hydrogens (tertiary/aromatic N) is 3. The van der Waals surface area contributed by atoms with Crippen LogP contribution < -0.4 is 4.90 Å². The van der Waals surface area contributed by atoms with Crippen molar-refractivity contribution in [3.05, 3.63) is 58.9 Å². The van der Waals surface area contributed by atoms with E-state index < -0.39 is 0 Å². The molecular formula is C20H22Cl2FN3OS. The number of anilines is 1. The number of halogens is 3. The number of aromatic nitrogens is 1. The molecule has 0 unspecified atom stereocenters. The molecule has 1 amide bonds. The third-order valence-electron chi connectivity index (χ3n) is 4.18. The summed E-state index contributed by atoms with van der Waals surface area (Å²) in [5.74, 6) is -0.469. The van der Waals surface area contributed by atoms with E-state index in [0.29, 0.717) is 22.2 Å². The van der Waals surface area contributed by atoms with E-state index in [-0.39, 0.29) is 30.6 Å². The summed E-state index contributed by atoms with van der Waals surface area (Å²) in [6.07, 6.45) is 0.972. The van der Waals surface area contributed by atoms with Gasteiger partial charge in [0.05, 0.1) is 11.1 Å². The molecule has 0 spiro atoms. The normalized spacial score (nSPS) is 10.9. The first-order chi connectivity index (χ1) is 13.0. The lowest BCUT2D eigenvalue weighted by Crippen LogP contribution is -2.34. The van der Waals surface area contributed by atoms with E-state index in [0.717, 1.165) is 23.2 Å². The van der Waals surface area contributed by atoms with Crippen molar-refractivity contribution >= 4 is 56.6 Å². The third kappa shape index (κ3) is 5.41. The summed E-state index contributed by atoms with van der Waals surface area (Å²) in [7, 11) is 3.98. The van der Waals surface area contributed by atoms with Crippen molar-refractivity contribution in [3.8, 4) is 0 Å². The number of carbonyl (C=O) groups is 1. The van der Waals surface area contributed by atoms with Crippen molar-refractivity contribution in [1.82, 2.24) is 9.88 Å². The van der Waals surface area contributed by atoms with Crippen LogP contribution in [0.25, 0.3) is 10.2 Å². The monoisotopic (exact) mass is 441 g/mol. The van der Waals surface area contributed by atoms with Gasteiger partial charge in [0, 0.05) is 11.6 Å². The molecule has 0 aliphatic carbocycles. The largest absolute Gasteiger partial charge is 0.309 e. The molecule has 0 radical (unpaired) electrons. The van der Waals surface area contributed by atoms with Gasteiger partial charge in [-0.15, -0.1) is 12.4 Å². The highest BCUT2D eigenvalue weighted by molar-refractivity contribution is 7.22. The molecule has 4 nitrogen and oxygen atoms in total. The Morgan fingerprint density at radius 1 is 1.14 bits per heavy atom. The van der Waals surface area contributed by atoms with E-state index in [4.69, 9.17) is 11.6 Å². The molecule has 2 aromatic carbocycles. The highest BCUT2D eigenvalue weighted by Gasteiger charge is 2.21. The molecule has 8 heteroatoms. The maximum Gasteiger partial charge on any atom is 0.233 e. The maximum absolute atomic E-state index is 14.0. The summed E-state index contributed by atoms with van der Waals surface area (Å²) in [6, 6.07) is 12.2. The molecule has 0 saturated heterocycles. The summed E-state index contributed by atoms with van der Waals surface area (Å²) >= 11 is 7.54. The van der Waals surface area contributed by atoms with Crippen LogP contribution in [0.15, 0.2) is 42.5 Å². The fourth-order valence-electron chi connectivity index (χ4n) is 2.79. The van der Waals surface area contributed by atoms with E-state index in [1.165, 1.54) is 17.4 Å². The maximum atomic E-state index is 14.0. The Hall–Kier alpha value is -1.73. The van der Waals surface area contributed by atoms with Gasteiger partial charge in [-0.3, -0.25) is 9.69 Å². The minimum absolute atomic E-state index is 0. The van der Waals surface area contributed by atoms with Crippen LogP contribution in [0.4, 0.5) is 9.52 Å². The van der Waals surface area contributed by atoms with E-state index in [2.05, 4.69) is 9.88 Å². The van der Waals surface area contributed by atoms with Crippen molar-refractivity contribution in [2.24, 2.45) is 0 Å². The molecule has 0 N–H and O–H groups in total. The second kappa shape index (κ2) is 10.2. The van der Waals surface area contributed by atoms with Gasteiger partial charge in [0.25, 0.3) is 0 Å². The first-order valence-electron chi connectivity index (χ1n) is 8.69. The molecule has 1 aromatic heterocycles. The fraction of sp³-hybridized carbons (Fsp3) is 0.300. The predicted molar refractivity (Wildman–Crippen MR) is 118 cm³/mol. The zero-order valence-electron chi connectivity index (χ0n) is 15.7. The summed E-state index contributed by atoms with van der Waals surface area (Å²) < 4.78 is 14.8. The van der Waals surface area contributed by atoms with Crippen molar-refractivity contribution in [1.29, 1.82) is 0 Å². The average molecular weight is 442 g/mol.